The molecule has 0 bridgehead atoms. The highest BCUT2D eigenvalue weighted by atomic mass is 35.5. The summed E-state index contributed by atoms with van der Waals surface area (Å²) in [6.07, 6.45) is 0. The third-order valence-electron chi connectivity index (χ3n) is 5.71. The van der Waals surface area contributed by atoms with Crippen LogP contribution >= 0.6 is 11.6 Å². The summed E-state index contributed by atoms with van der Waals surface area (Å²) in [5, 5.41) is 21.4. The maximum absolute atomic E-state index is 13.3. The van der Waals surface area contributed by atoms with Gasteiger partial charge in [0, 0.05) is 10.7 Å². The number of amides is 1. The number of benzene rings is 3. The van der Waals surface area contributed by atoms with Gasteiger partial charge >= 0.3 is 5.97 Å². The largest absolute Gasteiger partial charge is 0.508 e. The molecule has 1 aliphatic rings. The van der Waals surface area contributed by atoms with Crippen LogP contribution in [0.15, 0.2) is 72.3 Å². The third-order valence-corrected chi connectivity index (χ3v) is 5.94. The molecule has 8 nitrogen and oxygen atoms in total. The number of methoxy groups -OCH3 is 1. The number of aliphatic hydroxyl groups is 1. The Balaban J connectivity index is 1.95. The Kier molecular flexibility index (Phi) is 6.98. The summed E-state index contributed by atoms with van der Waals surface area (Å²) in [7, 11) is 1.40. The first-order valence-electron chi connectivity index (χ1n) is 11.0. The monoisotopic (exact) mass is 507 g/mol. The molecule has 1 atom stereocenters. The topological polar surface area (TPSA) is 113 Å². The van der Waals surface area contributed by atoms with Crippen molar-refractivity contribution in [2.75, 3.05) is 18.6 Å². The van der Waals surface area contributed by atoms with E-state index in [-0.39, 0.29) is 45.5 Å². The maximum Gasteiger partial charge on any atom is 0.338 e. The number of anilines is 1. The number of aromatic hydroxyl groups is 1. The molecule has 0 aliphatic carbocycles. The van der Waals surface area contributed by atoms with Gasteiger partial charge in [-0.3, -0.25) is 14.5 Å². The number of rotatable bonds is 6. The van der Waals surface area contributed by atoms with Gasteiger partial charge in [-0.2, -0.15) is 0 Å². The molecule has 3 aromatic carbocycles. The van der Waals surface area contributed by atoms with E-state index in [2.05, 4.69) is 0 Å². The number of esters is 1. The lowest BCUT2D eigenvalue weighted by molar-refractivity contribution is -0.132. The normalized spacial score (nSPS) is 16.8. The summed E-state index contributed by atoms with van der Waals surface area (Å²) in [6.45, 7) is 1.85. The number of phenols is 1. The van der Waals surface area contributed by atoms with Crippen LogP contribution in [0.4, 0.5) is 5.69 Å². The number of phenolic OH excluding ortho intramolecular Hbond substituents is 1. The second-order valence-corrected chi connectivity index (χ2v) is 8.31. The zero-order valence-corrected chi connectivity index (χ0v) is 20.2. The van der Waals surface area contributed by atoms with Gasteiger partial charge in [-0.25, -0.2) is 4.79 Å². The molecule has 1 saturated heterocycles. The van der Waals surface area contributed by atoms with Crippen LogP contribution in [0.5, 0.6) is 11.5 Å². The molecule has 4 rings (SSSR count). The van der Waals surface area contributed by atoms with E-state index >= 15 is 0 Å². The molecule has 36 heavy (non-hydrogen) atoms. The van der Waals surface area contributed by atoms with Crippen molar-refractivity contribution in [2.24, 2.45) is 0 Å². The molecule has 0 saturated carbocycles. The Morgan fingerprint density at radius 2 is 1.78 bits per heavy atom. The highest BCUT2D eigenvalue weighted by Crippen LogP contribution is 2.44. The minimum atomic E-state index is -1.08. The maximum atomic E-state index is 13.3. The van der Waals surface area contributed by atoms with Crippen molar-refractivity contribution in [3.63, 3.8) is 0 Å². The molecule has 1 unspecified atom stereocenters. The molecule has 1 amide bonds. The number of halogens is 1. The van der Waals surface area contributed by atoms with E-state index in [0.717, 1.165) is 0 Å². The molecule has 1 fully saturated rings. The molecular formula is C27H22ClNO7. The van der Waals surface area contributed by atoms with E-state index in [4.69, 9.17) is 21.1 Å². The molecular weight excluding hydrogens is 486 g/mol. The lowest BCUT2D eigenvalue weighted by Crippen LogP contribution is -2.29. The van der Waals surface area contributed by atoms with E-state index in [1.54, 1.807) is 25.1 Å². The van der Waals surface area contributed by atoms with Crippen molar-refractivity contribution >= 4 is 40.7 Å². The van der Waals surface area contributed by atoms with E-state index < -0.39 is 29.5 Å². The van der Waals surface area contributed by atoms with E-state index in [9.17, 15) is 24.6 Å². The third kappa shape index (κ3) is 4.50. The van der Waals surface area contributed by atoms with Crippen molar-refractivity contribution < 1.29 is 34.1 Å². The van der Waals surface area contributed by atoms with Crippen molar-refractivity contribution in [1.29, 1.82) is 0 Å². The van der Waals surface area contributed by atoms with Gasteiger partial charge in [0.25, 0.3) is 11.7 Å². The fourth-order valence-corrected chi connectivity index (χ4v) is 4.25. The van der Waals surface area contributed by atoms with Crippen LogP contribution in [0.2, 0.25) is 5.02 Å². The minimum Gasteiger partial charge on any atom is -0.508 e. The summed E-state index contributed by atoms with van der Waals surface area (Å²) < 4.78 is 10.4. The summed E-state index contributed by atoms with van der Waals surface area (Å²) in [4.78, 5) is 40.2. The number of hydrogen-bond donors (Lipinski definition) is 2. The van der Waals surface area contributed by atoms with Gasteiger partial charge in [-0.1, -0.05) is 29.8 Å². The van der Waals surface area contributed by atoms with Gasteiger partial charge in [0.15, 0.2) is 0 Å². The van der Waals surface area contributed by atoms with Gasteiger partial charge in [0.05, 0.1) is 36.5 Å². The molecule has 2 N–H and O–H groups in total. The van der Waals surface area contributed by atoms with Gasteiger partial charge in [-0.05, 0) is 61.0 Å². The van der Waals surface area contributed by atoms with Crippen LogP contribution in [0.3, 0.4) is 0 Å². The van der Waals surface area contributed by atoms with Gasteiger partial charge in [0.2, 0.25) is 0 Å². The van der Waals surface area contributed by atoms with Crippen LogP contribution in [-0.2, 0) is 14.3 Å². The van der Waals surface area contributed by atoms with Crippen molar-refractivity contribution in [3.8, 4) is 11.5 Å². The van der Waals surface area contributed by atoms with Crippen molar-refractivity contribution in [1.82, 2.24) is 0 Å². The van der Waals surface area contributed by atoms with E-state index in [1.807, 2.05) is 0 Å². The molecule has 0 radical (unpaired) electrons. The number of aliphatic hydroxyl groups excluding tert-OH is 1. The standard InChI is InChI=1S/C27H22ClNO7/c1-3-36-27(34)16-5-4-6-18(13-16)29-23(15-7-10-19(30)11-8-15)22(25(32)26(29)33)24(31)20-14-17(28)9-12-21(20)35-2/h4-14,23,30-31H,3H2,1-2H3/b24-22+. The first-order valence-corrected chi connectivity index (χ1v) is 11.4. The second kappa shape index (κ2) is 10.1. The molecule has 0 aromatic heterocycles. The fraction of sp³-hybridized carbons (Fsp3) is 0.148. The molecule has 0 spiro atoms. The molecule has 1 heterocycles. The van der Waals surface area contributed by atoms with Gasteiger partial charge < -0.3 is 19.7 Å². The van der Waals surface area contributed by atoms with Gasteiger partial charge in [-0.15, -0.1) is 0 Å². The van der Waals surface area contributed by atoms with Gasteiger partial charge in [0.1, 0.15) is 17.3 Å². The van der Waals surface area contributed by atoms with Crippen molar-refractivity contribution in [3.05, 3.63) is 94.0 Å². The van der Waals surface area contributed by atoms with Crippen LogP contribution in [0, 0.1) is 0 Å². The lowest BCUT2D eigenvalue weighted by atomic mass is 9.94. The summed E-state index contributed by atoms with van der Waals surface area (Å²) >= 11 is 6.13. The quantitative estimate of drug-likeness (QED) is 0.212. The number of Topliss-reactive ketones (excluding diaryl/α,β-unsaturated/α-hetero) is 1. The predicted octanol–water partition coefficient (Wildman–Crippen LogP) is 4.86. The fourth-order valence-electron chi connectivity index (χ4n) is 4.08. The Hall–Kier alpha value is -4.30. The van der Waals surface area contributed by atoms with Crippen LogP contribution in [0.1, 0.15) is 34.5 Å². The summed E-state index contributed by atoms with van der Waals surface area (Å²) in [5.41, 5.74) is 0.811. The highest BCUT2D eigenvalue weighted by Gasteiger charge is 2.47. The van der Waals surface area contributed by atoms with E-state index in [1.165, 1.54) is 60.5 Å². The van der Waals surface area contributed by atoms with Crippen LogP contribution in [0.25, 0.3) is 5.76 Å². The molecule has 1 aliphatic heterocycles. The van der Waals surface area contributed by atoms with Crippen LogP contribution in [-0.4, -0.2) is 41.6 Å². The van der Waals surface area contributed by atoms with Crippen LogP contribution < -0.4 is 9.64 Å². The average molecular weight is 508 g/mol. The molecule has 3 aromatic rings. The number of carbonyl (C=O) groups excluding carboxylic acids is 3. The Bertz CT molecular complexity index is 1380. The SMILES string of the molecule is CCOC(=O)c1cccc(N2C(=O)C(=O)/C(=C(/O)c3cc(Cl)ccc3OC)C2c2ccc(O)cc2)c1. The first kappa shape index (κ1) is 24.8. The number of ketones is 1. The number of nitrogens with zero attached hydrogens (tertiary/aromatic N) is 1. The zero-order chi connectivity index (χ0) is 26.0. The van der Waals surface area contributed by atoms with E-state index in [0.29, 0.717) is 5.56 Å². The minimum absolute atomic E-state index is 0.0171. The average Bonchev–Trinajstić information content (AvgIpc) is 3.14. The Labute approximate surface area is 211 Å². The second-order valence-electron chi connectivity index (χ2n) is 7.88. The van der Waals surface area contributed by atoms with Crippen molar-refractivity contribution in [2.45, 2.75) is 13.0 Å². The lowest BCUT2D eigenvalue weighted by Gasteiger charge is -2.26. The number of carbonyl (C=O) groups is 3. The Morgan fingerprint density at radius 1 is 1.06 bits per heavy atom. The predicted molar refractivity (Wildman–Crippen MR) is 133 cm³/mol. The highest BCUT2D eigenvalue weighted by molar-refractivity contribution is 6.51. The smallest absolute Gasteiger partial charge is 0.338 e. The first-order chi connectivity index (χ1) is 17.3. The summed E-state index contributed by atoms with van der Waals surface area (Å²) in [5.74, 6) is -2.67. The summed E-state index contributed by atoms with van der Waals surface area (Å²) in [6, 6.07) is 15.4. The molecule has 9 heteroatoms. The Morgan fingerprint density at radius 3 is 2.44 bits per heavy atom. The molecule has 184 valence electrons. The number of ether oxygens (including phenoxy) is 2. The number of hydrogen-bond acceptors (Lipinski definition) is 7. The zero-order valence-electron chi connectivity index (χ0n) is 19.4.